The molecule has 42 heavy (non-hydrogen) atoms. The Balaban J connectivity index is 1.40. The first-order valence-electron chi connectivity index (χ1n) is 13.9. The van der Waals surface area contributed by atoms with E-state index >= 15 is 0 Å². The number of benzene rings is 1. The summed E-state index contributed by atoms with van der Waals surface area (Å²) < 4.78 is 12.7. The zero-order valence-corrected chi connectivity index (χ0v) is 25.3. The van der Waals surface area contributed by atoms with Gasteiger partial charge in [-0.3, -0.25) is 19.1 Å². The number of halogens is 1. The van der Waals surface area contributed by atoms with E-state index < -0.39 is 11.9 Å². The minimum absolute atomic E-state index is 0.0273. The number of nitrogens with one attached hydrogen (secondary N) is 2. The van der Waals surface area contributed by atoms with Crippen LogP contribution < -0.4 is 10.6 Å². The van der Waals surface area contributed by atoms with Gasteiger partial charge < -0.3 is 24.8 Å². The van der Waals surface area contributed by atoms with Crippen LogP contribution in [0.15, 0.2) is 40.9 Å². The molecule has 13 heteroatoms. The van der Waals surface area contributed by atoms with Crippen molar-refractivity contribution in [3.05, 3.63) is 57.7 Å². The number of likely N-dealkylation sites (tertiary alicyclic amines) is 1. The highest BCUT2D eigenvalue weighted by molar-refractivity contribution is 7.19. The number of fused-ring (bicyclic) bond motifs is 1. The number of nitrogens with zero attached hydrogens (tertiary/aromatic N) is 4. The molecule has 0 unspecified atom stereocenters. The van der Waals surface area contributed by atoms with Gasteiger partial charge in [-0.2, -0.15) is 5.10 Å². The third-order valence-electron chi connectivity index (χ3n) is 7.21. The van der Waals surface area contributed by atoms with Crippen LogP contribution >= 0.6 is 22.9 Å². The van der Waals surface area contributed by atoms with Crippen LogP contribution in [0.4, 0.5) is 0 Å². The van der Waals surface area contributed by atoms with Crippen LogP contribution in [0.2, 0.25) is 4.34 Å². The Morgan fingerprint density at radius 1 is 1.14 bits per heavy atom. The summed E-state index contributed by atoms with van der Waals surface area (Å²) in [6.07, 6.45) is 1.69. The zero-order valence-electron chi connectivity index (χ0n) is 23.7. The average Bonchev–Trinajstić information content (AvgIpc) is 3.71. The molecule has 1 aliphatic rings. The molecule has 2 amide bonds. The van der Waals surface area contributed by atoms with Gasteiger partial charge in [-0.1, -0.05) is 16.8 Å². The van der Waals surface area contributed by atoms with Crippen LogP contribution in [0.1, 0.15) is 60.2 Å². The molecule has 3 aromatic heterocycles. The molecule has 11 nitrogen and oxygen atoms in total. The molecular formula is C29H33ClN6O5S. The van der Waals surface area contributed by atoms with Crippen molar-refractivity contribution in [1.29, 1.82) is 0 Å². The molecule has 0 radical (unpaired) electrons. The van der Waals surface area contributed by atoms with E-state index in [0.717, 1.165) is 30.8 Å². The van der Waals surface area contributed by atoms with Gasteiger partial charge in [0.05, 0.1) is 27.9 Å². The standard InChI is InChI=1S/C29H33ClN6O5S/c1-4-40-26(37)15-31-28(38)18-5-6-22-21(13-18)27(29(39)32-19-9-11-35(12-10-19)17(2)3)33-36(22)16-20-14-23(41-34-20)24-7-8-25(30)42-24/h5-8,13-14,17,19H,4,9-12,15-16H2,1-3H3,(H,31,38)(H,32,39). The summed E-state index contributed by atoms with van der Waals surface area (Å²) in [5, 5.41) is 15.1. The maximum Gasteiger partial charge on any atom is 0.325 e. The molecule has 0 atom stereocenters. The maximum atomic E-state index is 13.6. The number of piperidine rings is 1. The predicted octanol–water partition coefficient (Wildman–Crippen LogP) is 4.35. The van der Waals surface area contributed by atoms with Crippen LogP contribution in [0.25, 0.3) is 21.5 Å². The van der Waals surface area contributed by atoms with Crippen LogP contribution in [-0.2, 0) is 16.1 Å². The van der Waals surface area contributed by atoms with E-state index in [1.165, 1.54) is 11.3 Å². The number of esters is 1. The summed E-state index contributed by atoms with van der Waals surface area (Å²) in [7, 11) is 0. The quantitative estimate of drug-likeness (QED) is 0.253. The Bertz CT molecular complexity index is 1590. The smallest absolute Gasteiger partial charge is 0.325 e. The first-order chi connectivity index (χ1) is 20.2. The van der Waals surface area contributed by atoms with Gasteiger partial charge in [0.25, 0.3) is 11.8 Å². The highest BCUT2D eigenvalue weighted by Crippen LogP contribution is 2.31. The molecule has 4 heterocycles. The second kappa shape index (κ2) is 13.1. The lowest BCUT2D eigenvalue weighted by molar-refractivity contribution is -0.141. The molecule has 0 bridgehead atoms. The Hall–Kier alpha value is -3.74. The molecule has 1 fully saturated rings. The Labute approximate surface area is 252 Å². The summed E-state index contributed by atoms with van der Waals surface area (Å²) in [5.74, 6) is -0.703. The Morgan fingerprint density at radius 2 is 1.93 bits per heavy atom. The first-order valence-corrected chi connectivity index (χ1v) is 15.1. The van der Waals surface area contributed by atoms with E-state index in [4.69, 9.17) is 20.9 Å². The third kappa shape index (κ3) is 6.83. The fourth-order valence-electron chi connectivity index (χ4n) is 4.99. The molecular weight excluding hydrogens is 580 g/mol. The fourth-order valence-corrected chi connectivity index (χ4v) is 5.98. The number of hydrogen-bond donors (Lipinski definition) is 2. The number of carbonyl (C=O) groups excluding carboxylic acids is 3. The van der Waals surface area contributed by atoms with Crippen molar-refractivity contribution in [3.63, 3.8) is 0 Å². The minimum atomic E-state index is -0.528. The molecule has 4 aromatic rings. The maximum absolute atomic E-state index is 13.6. The largest absolute Gasteiger partial charge is 0.465 e. The number of hydrogen-bond acceptors (Lipinski definition) is 9. The number of rotatable bonds is 10. The topological polar surface area (TPSA) is 132 Å². The van der Waals surface area contributed by atoms with E-state index in [2.05, 4.69) is 39.6 Å². The lowest BCUT2D eigenvalue weighted by Gasteiger charge is -2.34. The van der Waals surface area contributed by atoms with Gasteiger partial charge in [0.2, 0.25) is 0 Å². The molecule has 0 saturated carbocycles. The predicted molar refractivity (Wildman–Crippen MR) is 160 cm³/mol. The normalized spacial score (nSPS) is 14.4. The van der Waals surface area contributed by atoms with Crippen LogP contribution in [0, 0.1) is 0 Å². The van der Waals surface area contributed by atoms with Gasteiger partial charge >= 0.3 is 5.97 Å². The number of amides is 2. The van der Waals surface area contributed by atoms with E-state index in [9.17, 15) is 14.4 Å². The highest BCUT2D eigenvalue weighted by atomic mass is 35.5. The summed E-state index contributed by atoms with van der Waals surface area (Å²) in [5.41, 5.74) is 1.78. The second-order valence-electron chi connectivity index (χ2n) is 10.4. The highest BCUT2D eigenvalue weighted by Gasteiger charge is 2.26. The summed E-state index contributed by atoms with van der Waals surface area (Å²) in [4.78, 5) is 41.4. The van der Waals surface area contributed by atoms with Crippen molar-refractivity contribution in [2.24, 2.45) is 0 Å². The Kier molecular flexibility index (Phi) is 9.24. The lowest BCUT2D eigenvalue weighted by Crippen LogP contribution is -2.46. The van der Waals surface area contributed by atoms with Crippen molar-refractivity contribution in [2.45, 2.75) is 52.2 Å². The number of ether oxygens (including phenoxy) is 1. The van der Waals surface area contributed by atoms with E-state index in [-0.39, 0.29) is 37.3 Å². The molecule has 0 aliphatic carbocycles. The van der Waals surface area contributed by atoms with Gasteiger partial charge in [0.15, 0.2) is 11.5 Å². The molecule has 1 saturated heterocycles. The van der Waals surface area contributed by atoms with Gasteiger partial charge in [0.1, 0.15) is 12.2 Å². The molecule has 1 aromatic carbocycles. The van der Waals surface area contributed by atoms with Crippen molar-refractivity contribution in [1.82, 2.24) is 30.5 Å². The molecule has 1 aliphatic heterocycles. The van der Waals surface area contributed by atoms with E-state index in [1.807, 2.05) is 12.1 Å². The van der Waals surface area contributed by atoms with Crippen LogP contribution in [0.5, 0.6) is 0 Å². The van der Waals surface area contributed by atoms with Gasteiger partial charge in [-0.25, -0.2) is 0 Å². The SMILES string of the molecule is CCOC(=O)CNC(=O)c1ccc2c(c1)c(C(=O)NC1CCN(C(C)C)CC1)nn2Cc1cc(-c2ccc(Cl)s2)on1. The molecule has 0 spiro atoms. The Morgan fingerprint density at radius 3 is 2.62 bits per heavy atom. The van der Waals surface area contributed by atoms with Gasteiger partial charge in [0, 0.05) is 42.2 Å². The number of carbonyl (C=O) groups is 3. The van der Waals surface area contributed by atoms with E-state index in [1.54, 1.807) is 35.9 Å². The molecule has 222 valence electrons. The van der Waals surface area contributed by atoms with Crippen molar-refractivity contribution in [2.75, 3.05) is 26.2 Å². The first kappa shape index (κ1) is 29.7. The van der Waals surface area contributed by atoms with Crippen molar-refractivity contribution < 1.29 is 23.6 Å². The second-order valence-corrected chi connectivity index (χ2v) is 12.1. The third-order valence-corrected chi connectivity index (χ3v) is 8.45. The van der Waals surface area contributed by atoms with Crippen LogP contribution in [-0.4, -0.2) is 75.9 Å². The lowest BCUT2D eigenvalue weighted by atomic mass is 10.0. The van der Waals surface area contributed by atoms with Gasteiger partial charge in [-0.05, 0) is 63.9 Å². The summed E-state index contributed by atoms with van der Waals surface area (Å²) in [6.45, 7) is 8.08. The zero-order chi connectivity index (χ0) is 29.8. The minimum Gasteiger partial charge on any atom is -0.465 e. The summed E-state index contributed by atoms with van der Waals surface area (Å²) >= 11 is 7.46. The monoisotopic (exact) mass is 612 g/mol. The summed E-state index contributed by atoms with van der Waals surface area (Å²) in [6, 6.07) is 11.0. The van der Waals surface area contributed by atoms with Crippen molar-refractivity contribution in [3.8, 4) is 10.6 Å². The number of aromatic nitrogens is 3. The number of thiophene rings is 1. The van der Waals surface area contributed by atoms with Crippen molar-refractivity contribution >= 4 is 51.6 Å². The molecule has 2 N–H and O–H groups in total. The van der Waals surface area contributed by atoms with Crippen LogP contribution in [0.3, 0.4) is 0 Å². The fraction of sp³-hybridized carbons (Fsp3) is 0.414. The molecule has 5 rings (SSSR count). The average molecular weight is 613 g/mol. The van der Waals surface area contributed by atoms with E-state index in [0.29, 0.717) is 38.3 Å². The van der Waals surface area contributed by atoms with Gasteiger partial charge in [-0.15, -0.1) is 11.3 Å².